The molecule has 3 rings (SSSR count). The summed E-state index contributed by atoms with van der Waals surface area (Å²) in [6.07, 6.45) is 0. The summed E-state index contributed by atoms with van der Waals surface area (Å²) in [6.45, 7) is 13.6. The van der Waals surface area contributed by atoms with Gasteiger partial charge in [-0.3, -0.25) is 14.4 Å². The van der Waals surface area contributed by atoms with Gasteiger partial charge in [-0.1, -0.05) is 37.3 Å². The maximum absolute atomic E-state index is 13.6. The lowest BCUT2D eigenvalue weighted by molar-refractivity contribution is 0.0971. The van der Waals surface area contributed by atoms with E-state index in [2.05, 4.69) is 23.8 Å². The van der Waals surface area contributed by atoms with Crippen LogP contribution in [-0.4, -0.2) is 51.8 Å². The lowest BCUT2D eigenvalue weighted by atomic mass is 10.3. The number of aromatic nitrogens is 3. The number of likely N-dealkylation sites (N-methyl/N-ethyl adjacent to an activating group) is 1. The number of hydrogen-bond acceptors (Lipinski definition) is 5. The highest BCUT2D eigenvalue weighted by Gasteiger charge is 2.26. The van der Waals surface area contributed by atoms with Crippen molar-refractivity contribution in [2.24, 2.45) is 0 Å². The van der Waals surface area contributed by atoms with Crippen LogP contribution in [0.2, 0.25) is 0 Å². The highest BCUT2D eigenvalue weighted by molar-refractivity contribution is 7.22. The number of rotatable bonds is 8. The smallest absolute Gasteiger partial charge is 0.278 e. The van der Waals surface area contributed by atoms with E-state index >= 15 is 0 Å². The van der Waals surface area contributed by atoms with Crippen molar-refractivity contribution < 1.29 is 4.79 Å². The number of halogens is 1. The Morgan fingerprint density at radius 3 is 2.48 bits per heavy atom. The van der Waals surface area contributed by atoms with Gasteiger partial charge in [0.05, 0.1) is 15.9 Å². The minimum absolute atomic E-state index is 0. The second-order valence-electron chi connectivity index (χ2n) is 7.16. The van der Waals surface area contributed by atoms with E-state index in [0.717, 1.165) is 40.7 Å². The van der Waals surface area contributed by atoms with Crippen molar-refractivity contribution in [2.45, 2.75) is 40.7 Å². The number of anilines is 1. The Kier molecular flexibility index (Phi) is 8.19. The molecule has 0 saturated carbocycles. The van der Waals surface area contributed by atoms with Crippen LogP contribution < -0.4 is 4.90 Å². The summed E-state index contributed by atoms with van der Waals surface area (Å²) in [5.41, 5.74) is 2.40. The summed E-state index contributed by atoms with van der Waals surface area (Å²) < 4.78 is 2.90. The lowest BCUT2D eigenvalue weighted by Gasteiger charge is -2.25. The average molecular weight is 436 g/mol. The Morgan fingerprint density at radius 1 is 1.17 bits per heavy atom. The van der Waals surface area contributed by atoms with Crippen LogP contribution in [0.3, 0.4) is 0 Å². The monoisotopic (exact) mass is 435 g/mol. The van der Waals surface area contributed by atoms with Gasteiger partial charge in [0.1, 0.15) is 5.69 Å². The second kappa shape index (κ2) is 10.2. The van der Waals surface area contributed by atoms with Gasteiger partial charge in [-0.15, -0.1) is 12.4 Å². The van der Waals surface area contributed by atoms with Crippen LogP contribution in [0, 0.1) is 6.92 Å². The second-order valence-corrected chi connectivity index (χ2v) is 8.17. The number of fused-ring (bicyclic) bond motifs is 1. The summed E-state index contributed by atoms with van der Waals surface area (Å²) in [5, 5.41) is 5.26. The van der Waals surface area contributed by atoms with Gasteiger partial charge in [-0.25, -0.2) is 4.98 Å². The lowest BCUT2D eigenvalue weighted by Crippen LogP contribution is -2.39. The molecule has 1 amide bonds. The van der Waals surface area contributed by atoms with Gasteiger partial charge >= 0.3 is 0 Å². The van der Waals surface area contributed by atoms with Gasteiger partial charge < -0.3 is 4.90 Å². The molecule has 1 aromatic carbocycles. The quantitative estimate of drug-likeness (QED) is 0.510. The molecule has 6 nitrogen and oxygen atoms in total. The Morgan fingerprint density at radius 2 is 1.86 bits per heavy atom. The van der Waals surface area contributed by atoms with E-state index in [1.165, 1.54) is 0 Å². The van der Waals surface area contributed by atoms with Crippen molar-refractivity contribution in [3.63, 3.8) is 0 Å². The standard InChI is InChI=1S/C21H29N5OS.ClH/c1-6-24(7-2)12-13-25(21-22-17-10-8-9-11-19(17)28-21)20(27)18-14-16(5)23-26(18)15(3)4;/h8-11,14-15H,6-7,12-13H2,1-5H3;1H. The highest BCUT2D eigenvalue weighted by Crippen LogP contribution is 2.30. The minimum Gasteiger partial charge on any atom is -0.302 e. The Bertz CT molecular complexity index is 915. The predicted molar refractivity (Wildman–Crippen MR) is 124 cm³/mol. The zero-order chi connectivity index (χ0) is 20.3. The van der Waals surface area contributed by atoms with Crippen molar-refractivity contribution in [2.75, 3.05) is 31.1 Å². The third kappa shape index (κ3) is 5.15. The molecule has 0 fully saturated rings. The first-order valence-electron chi connectivity index (χ1n) is 9.90. The van der Waals surface area contributed by atoms with Crippen LogP contribution in [0.5, 0.6) is 0 Å². The van der Waals surface area contributed by atoms with Gasteiger partial charge in [0, 0.05) is 19.1 Å². The molecule has 29 heavy (non-hydrogen) atoms. The maximum Gasteiger partial charge on any atom is 0.278 e. The van der Waals surface area contributed by atoms with E-state index in [1.807, 2.05) is 60.7 Å². The summed E-state index contributed by atoms with van der Waals surface area (Å²) >= 11 is 1.56. The molecule has 0 aliphatic rings. The van der Waals surface area contributed by atoms with Crippen molar-refractivity contribution in [1.29, 1.82) is 0 Å². The average Bonchev–Trinajstić information content (AvgIpc) is 3.28. The van der Waals surface area contributed by atoms with Gasteiger partial charge in [0.15, 0.2) is 5.13 Å². The highest BCUT2D eigenvalue weighted by atomic mass is 35.5. The molecule has 0 radical (unpaired) electrons. The molecule has 0 aliphatic heterocycles. The first kappa shape index (κ1) is 23.3. The number of para-hydroxylation sites is 1. The van der Waals surface area contributed by atoms with Crippen LogP contribution >= 0.6 is 23.7 Å². The van der Waals surface area contributed by atoms with E-state index in [-0.39, 0.29) is 24.4 Å². The van der Waals surface area contributed by atoms with Crippen LogP contribution in [0.1, 0.15) is 49.9 Å². The zero-order valence-corrected chi connectivity index (χ0v) is 19.4. The third-order valence-electron chi connectivity index (χ3n) is 4.86. The molecule has 0 saturated heterocycles. The molecule has 2 aromatic heterocycles. The molecule has 3 aromatic rings. The Balaban J connectivity index is 0.00000300. The molecular weight excluding hydrogens is 406 g/mol. The molecule has 0 N–H and O–H groups in total. The number of hydrogen-bond donors (Lipinski definition) is 0. The van der Waals surface area contributed by atoms with Crippen LogP contribution in [0.4, 0.5) is 5.13 Å². The van der Waals surface area contributed by atoms with Gasteiger partial charge in [0.25, 0.3) is 5.91 Å². The van der Waals surface area contributed by atoms with E-state index in [4.69, 9.17) is 4.98 Å². The molecule has 0 spiro atoms. The minimum atomic E-state index is -0.0412. The predicted octanol–water partition coefficient (Wildman–Crippen LogP) is 4.79. The fraction of sp³-hybridized carbons (Fsp3) is 0.476. The van der Waals surface area contributed by atoms with Gasteiger partial charge in [-0.2, -0.15) is 5.10 Å². The van der Waals surface area contributed by atoms with E-state index in [0.29, 0.717) is 12.2 Å². The molecule has 0 atom stereocenters. The number of carbonyl (C=O) groups is 1. The van der Waals surface area contributed by atoms with E-state index < -0.39 is 0 Å². The Labute approximate surface area is 182 Å². The molecule has 2 heterocycles. The normalized spacial score (nSPS) is 11.3. The number of thiazole rings is 1. The van der Waals surface area contributed by atoms with Crippen molar-refractivity contribution in [3.05, 3.63) is 41.7 Å². The molecule has 158 valence electrons. The number of aryl methyl sites for hydroxylation is 1. The third-order valence-corrected chi connectivity index (χ3v) is 5.92. The zero-order valence-electron chi connectivity index (χ0n) is 17.8. The fourth-order valence-corrected chi connectivity index (χ4v) is 4.24. The first-order chi connectivity index (χ1) is 13.4. The van der Waals surface area contributed by atoms with Crippen molar-refractivity contribution >= 4 is 45.0 Å². The molecule has 0 aliphatic carbocycles. The summed E-state index contributed by atoms with van der Waals surface area (Å²) in [4.78, 5) is 22.4. The maximum atomic E-state index is 13.6. The first-order valence-corrected chi connectivity index (χ1v) is 10.7. The fourth-order valence-electron chi connectivity index (χ4n) is 3.25. The molecule has 8 heteroatoms. The number of carbonyl (C=O) groups excluding carboxylic acids is 1. The molecule has 0 unspecified atom stereocenters. The summed E-state index contributed by atoms with van der Waals surface area (Å²) in [6, 6.07) is 10.0. The number of nitrogens with zero attached hydrogens (tertiary/aromatic N) is 5. The van der Waals surface area contributed by atoms with Crippen molar-refractivity contribution in [3.8, 4) is 0 Å². The summed E-state index contributed by atoms with van der Waals surface area (Å²) in [7, 11) is 0. The topological polar surface area (TPSA) is 54.3 Å². The van der Waals surface area contributed by atoms with Crippen LogP contribution in [0.15, 0.2) is 30.3 Å². The Hall–Kier alpha value is -1.96. The largest absolute Gasteiger partial charge is 0.302 e. The van der Waals surface area contributed by atoms with E-state index in [9.17, 15) is 4.79 Å². The van der Waals surface area contributed by atoms with Crippen LogP contribution in [0.25, 0.3) is 10.2 Å². The SMILES string of the molecule is CCN(CC)CCN(C(=O)c1cc(C)nn1C(C)C)c1nc2ccccc2s1.Cl. The van der Waals surface area contributed by atoms with E-state index in [1.54, 1.807) is 11.3 Å². The summed E-state index contributed by atoms with van der Waals surface area (Å²) in [5.74, 6) is -0.0412. The molecular formula is C21H30ClN5OS. The van der Waals surface area contributed by atoms with Gasteiger partial charge in [-0.05, 0) is 52.1 Å². The van der Waals surface area contributed by atoms with Crippen molar-refractivity contribution in [1.82, 2.24) is 19.7 Å². The van der Waals surface area contributed by atoms with Gasteiger partial charge in [0.2, 0.25) is 0 Å². The number of amides is 1. The molecule has 0 bridgehead atoms. The number of benzene rings is 1. The van der Waals surface area contributed by atoms with Crippen LogP contribution in [-0.2, 0) is 0 Å².